The zero-order chi connectivity index (χ0) is 16.3. The molecule has 0 spiro atoms. The molecule has 1 N–H and O–H groups in total. The molecule has 1 saturated heterocycles. The van der Waals surface area contributed by atoms with Gasteiger partial charge in [-0.3, -0.25) is 9.59 Å². The standard InChI is InChI=1S/C16H24N2O4/c1-10-7-14(13(4)22-10)16(20)17-6-5-15(19)18-8-11(2)21-12(3)9-18/h7,11-12H,5-6,8-9H2,1-4H3,(H,17,20). The van der Waals surface area contributed by atoms with Crippen LogP contribution in [0.1, 0.15) is 42.1 Å². The Labute approximate surface area is 130 Å². The van der Waals surface area contributed by atoms with Gasteiger partial charge in [-0.25, -0.2) is 0 Å². The SMILES string of the molecule is Cc1cc(C(=O)NCCC(=O)N2CC(C)OC(C)C2)c(C)o1. The van der Waals surface area contributed by atoms with E-state index >= 15 is 0 Å². The van der Waals surface area contributed by atoms with E-state index in [0.717, 1.165) is 0 Å². The molecule has 2 unspecified atom stereocenters. The van der Waals surface area contributed by atoms with Crippen LogP contribution in [0.3, 0.4) is 0 Å². The van der Waals surface area contributed by atoms with E-state index in [1.54, 1.807) is 24.8 Å². The number of hydrogen-bond acceptors (Lipinski definition) is 4. The summed E-state index contributed by atoms with van der Waals surface area (Å²) in [5.74, 6) is 1.14. The van der Waals surface area contributed by atoms with Crippen LogP contribution < -0.4 is 5.32 Å². The molecule has 1 aromatic rings. The summed E-state index contributed by atoms with van der Waals surface area (Å²) < 4.78 is 10.9. The van der Waals surface area contributed by atoms with Crippen LogP contribution in [-0.4, -0.2) is 48.6 Å². The Balaban J connectivity index is 1.79. The lowest BCUT2D eigenvalue weighted by atomic mass is 10.2. The van der Waals surface area contributed by atoms with Gasteiger partial charge < -0.3 is 19.4 Å². The molecule has 2 atom stereocenters. The van der Waals surface area contributed by atoms with E-state index in [-0.39, 0.29) is 24.0 Å². The van der Waals surface area contributed by atoms with E-state index in [1.807, 2.05) is 13.8 Å². The molecule has 0 radical (unpaired) electrons. The summed E-state index contributed by atoms with van der Waals surface area (Å²) in [4.78, 5) is 26.0. The van der Waals surface area contributed by atoms with Crippen LogP contribution in [0.5, 0.6) is 0 Å². The molecule has 2 rings (SSSR count). The van der Waals surface area contributed by atoms with E-state index in [0.29, 0.717) is 43.1 Å². The van der Waals surface area contributed by atoms with Gasteiger partial charge in [0.1, 0.15) is 11.5 Å². The number of amides is 2. The Kier molecular flexibility index (Phi) is 5.24. The monoisotopic (exact) mass is 308 g/mol. The Bertz CT molecular complexity index is 542. The molecule has 6 nitrogen and oxygen atoms in total. The number of hydrogen-bond donors (Lipinski definition) is 1. The number of aryl methyl sites for hydroxylation is 2. The van der Waals surface area contributed by atoms with E-state index < -0.39 is 0 Å². The minimum atomic E-state index is -0.203. The summed E-state index contributed by atoms with van der Waals surface area (Å²) in [5.41, 5.74) is 0.526. The van der Waals surface area contributed by atoms with Crippen molar-refractivity contribution in [1.29, 1.82) is 0 Å². The third-order valence-electron chi connectivity index (χ3n) is 3.68. The van der Waals surface area contributed by atoms with Crippen LogP contribution in [0.25, 0.3) is 0 Å². The van der Waals surface area contributed by atoms with Gasteiger partial charge in [0.15, 0.2) is 0 Å². The quantitative estimate of drug-likeness (QED) is 0.918. The third kappa shape index (κ3) is 4.10. The van der Waals surface area contributed by atoms with E-state index in [1.165, 1.54) is 0 Å². The predicted molar refractivity (Wildman–Crippen MR) is 81.7 cm³/mol. The van der Waals surface area contributed by atoms with Crippen molar-refractivity contribution in [3.63, 3.8) is 0 Å². The maximum Gasteiger partial charge on any atom is 0.254 e. The smallest absolute Gasteiger partial charge is 0.254 e. The molecule has 0 aliphatic carbocycles. The van der Waals surface area contributed by atoms with Crippen molar-refractivity contribution in [2.45, 2.75) is 46.3 Å². The van der Waals surface area contributed by atoms with Crippen molar-refractivity contribution >= 4 is 11.8 Å². The summed E-state index contributed by atoms with van der Waals surface area (Å²) in [6.07, 6.45) is 0.402. The Morgan fingerprint density at radius 3 is 2.45 bits per heavy atom. The zero-order valence-corrected chi connectivity index (χ0v) is 13.6. The van der Waals surface area contributed by atoms with Crippen molar-refractivity contribution in [3.05, 3.63) is 23.2 Å². The van der Waals surface area contributed by atoms with Gasteiger partial charge in [-0.1, -0.05) is 0 Å². The lowest BCUT2D eigenvalue weighted by Crippen LogP contribution is -2.48. The largest absolute Gasteiger partial charge is 0.466 e. The molecule has 2 heterocycles. The second kappa shape index (κ2) is 6.96. The molecule has 0 aromatic carbocycles. The molecule has 1 aliphatic rings. The fourth-order valence-electron chi connectivity index (χ4n) is 2.77. The van der Waals surface area contributed by atoms with Crippen molar-refractivity contribution in [1.82, 2.24) is 10.2 Å². The number of carbonyl (C=O) groups excluding carboxylic acids is 2. The molecule has 6 heteroatoms. The highest BCUT2D eigenvalue weighted by molar-refractivity contribution is 5.95. The molecule has 1 aromatic heterocycles. The number of furan rings is 1. The van der Waals surface area contributed by atoms with Crippen molar-refractivity contribution in [2.24, 2.45) is 0 Å². The fourth-order valence-corrected chi connectivity index (χ4v) is 2.77. The highest BCUT2D eigenvalue weighted by Gasteiger charge is 2.25. The Hall–Kier alpha value is -1.82. The summed E-state index contributed by atoms with van der Waals surface area (Å²) >= 11 is 0. The molecule has 0 bridgehead atoms. The second-order valence-electron chi connectivity index (χ2n) is 5.89. The van der Waals surface area contributed by atoms with Crippen LogP contribution in [-0.2, 0) is 9.53 Å². The van der Waals surface area contributed by atoms with E-state index in [2.05, 4.69) is 5.32 Å². The molecule has 22 heavy (non-hydrogen) atoms. The zero-order valence-electron chi connectivity index (χ0n) is 13.6. The number of nitrogens with zero attached hydrogens (tertiary/aromatic N) is 1. The van der Waals surface area contributed by atoms with Crippen LogP contribution in [0.15, 0.2) is 10.5 Å². The van der Waals surface area contributed by atoms with Crippen LogP contribution in [0.2, 0.25) is 0 Å². The first-order valence-corrected chi connectivity index (χ1v) is 7.65. The normalized spacial score (nSPS) is 21.7. The topological polar surface area (TPSA) is 71.8 Å². The first kappa shape index (κ1) is 16.5. The number of ether oxygens (including phenoxy) is 1. The lowest BCUT2D eigenvalue weighted by molar-refractivity contribution is -0.143. The van der Waals surface area contributed by atoms with Gasteiger partial charge in [0.25, 0.3) is 5.91 Å². The Morgan fingerprint density at radius 1 is 1.27 bits per heavy atom. The van der Waals surface area contributed by atoms with Gasteiger partial charge >= 0.3 is 0 Å². The minimum absolute atomic E-state index is 0.0439. The van der Waals surface area contributed by atoms with Gasteiger partial charge in [0.05, 0.1) is 17.8 Å². The molecule has 1 aliphatic heterocycles. The van der Waals surface area contributed by atoms with E-state index in [4.69, 9.17) is 9.15 Å². The maximum absolute atomic E-state index is 12.2. The summed E-state index contributed by atoms with van der Waals surface area (Å²) in [7, 11) is 0. The average Bonchev–Trinajstić information content (AvgIpc) is 2.76. The number of carbonyl (C=O) groups is 2. The number of rotatable bonds is 4. The molecular formula is C16H24N2O4. The summed E-state index contributed by atoms with van der Waals surface area (Å²) in [5, 5.41) is 2.77. The fraction of sp³-hybridized carbons (Fsp3) is 0.625. The van der Waals surface area contributed by atoms with Crippen molar-refractivity contribution < 1.29 is 18.7 Å². The summed E-state index contributed by atoms with van der Waals surface area (Å²) in [6.45, 7) is 9.01. The van der Waals surface area contributed by atoms with Gasteiger partial charge in [-0.15, -0.1) is 0 Å². The molecule has 2 amide bonds. The molecule has 1 fully saturated rings. The first-order chi connectivity index (χ1) is 10.4. The molecule has 0 saturated carbocycles. The summed E-state index contributed by atoms with van der Waals surface area (Å²) in [6, 6.07) is 1.71. The van der Waals surface area contributed by atoms with Gasteiger partial charge in [0.2, 0.25) is 5.91 Å². The van der Waals surface area contributed by atoms with Gasteiger partial charge in [-0.2, -0.15) is 0 Å². The van der Waals surface area contributed by atoms with Crippen LogP contribution in [0, 0.1) is 13.8 Å². The first-order valence-electron chi connectivity index (χ1n) is 7.65. The number of nitrogens with one attached hydrogen (secondary N) is 1. The second-order valence-corrected chi connectivity index (χ2v) is 5.89. The van der Waals surface area contributed by atoms with E-state index in [9.17, 15) is 9.59 Å². The maximum atomic E-state index is 12.2. The molecular weight excluding hydrogens is 284 g/mol. The van der Waals surface area contributed by atoms with Crippen LogP contribution in [0.4, 0.5) is 0 Å². The highest BCUT2D eigenvalue weighted by atomic mass is 16.5. The third-order valence-corrected chi connectivity index (χ3v) is 3.68. The van der Waals surface area contributed by atoms with Crippen LogP contribution >= 0.6 is 0 Å². The Morgan fingerprint density at radius 2 is 1.91 bits per heavy atom. The molecule has 122 valence electrons. The highest BCUT2D eigenvalue weighted by Crippen LogP contribution is 2.14. The number of morpholine rings is 1. The van der Waals surface area contributed by atoms with Crippen molar-refractivity contribution in [2.75, 3.05) is 19.6 Å². The van der Waals surface area contributed by atoms with Crippen molar-refractivity contribution in [3.8, 4) is 0 Å². The predicted octanol–water partition coefficient (Wildman–Crippen LogP) is 1.65. The van der Waals surface area contributed by atoms with Gasteiger partial charge in [-0.05, 0) is 33.8 Å². The lowest BCUT2D eigenvalue weighted by Gasteiger charge is -2.35. The average molecular weight is 308 g/mol. The minimum Gasteiger partial charge on any atom is -0.466 e. The van der Waals surface area contributed by atoms with Gasteiger partial charge in [0, 0.05) is 26.1 Å².